The van der Waals surface area contributed by atoms with Crippen molar-refractivity contribution in [2.75, 3.05) is 18.0 Å². The summed E-state index contributed by atoms with van der Waals surface area (Å²) < 4.78 is 26.8. The molecule has 3 atom stereocenters. The minimum absolute atomic E-state index is 0.102. The van der Waals surface area contributed by atoms with Crippen LogP contribution in [0.15, 0.2) is 18.2 Å². The molecule has 3 unspecified atom stereocenters. The number of anilines is 1. The summed E-state index contributed by atoms with van der Waals surface area (Å²) in [7, 11) is 0. The molecule has 0 bridgehead atoms. The zero-order chi connectivity index (χ0) is 17.1. The average Bonchev–Trinajstić information content (AvgIpc) is 2.97. The summed E-state index contributed by atoms with van der Waals surface area (Å²) in [4.78, 5) is 13.9. The van der Waals surface area contributed by atoms with E-state index in [0.29, 0.717) is 31.6 Å². The van der Waals surface area contributed by atoms with Crippen LogP contribution in [0.2, 0.25) is 0 Å². The molecule has 3 rings (SSSR count). The lowest BCUT2D eigenvalue weighted by Gasteiger charge is -2.29. The smallest absolute Gasteiger partial charge is 0.315 e. The second-order valence-electron chi connectivity index (χ2n) is 6.60. The fourth-order valence-corrected chi connectivity index (χ4v) is 3.51. The van der Waals surface area contributed by atoms with Gasteiger partial charge in [-0.1, -0.05) is 12.8 Å². The lowest BCUT2D eigenvalue weighted by Crippen LogP contribution is -2.51. The number of halogens is 2. The lowest BCUT2D eigenvalue weighted by atomic mass is 9.93. The second-order valence-corrected chi connectivity index (χ2v) is 6.60. The number of urea groups is 1. The number of hydrogen-bond donors (Lipinski definition) is 3. The first-order chi connectivity index (χ1) is 11.5. The van der Waals surface area contributed by atoms with E-state index in [-0.39, 0.29) is 18.1 Å². The van der Waals surface area contributed by atoms with Crippen LogP contribution in [0.1, 0.15) is 32.1 Å². The van der Waals surface area contributed by atoms with Crippen LogP contribution in [0, 0.1) is 11.6 Å². The Bertz CT molecular complexity index is 599. The fraction of sp³-hybridized carbons (Fsp3) is 0.588. The molecule has 132 valence electrons. The van der Waals surface area contributed by atoms with Crippen molar-refractivity contribution in [3.63, 3.8) is 0 Å². The van der Waals surface area contributed by atoms with E-state index >= 15 is 0 Å². The van der Waals surface area contributed by atoms with Crippen molar-refractivity contribution in [3.8, 4) is 0 Å². The Morgan fingerprint density at radius 2 is 1.96 bits per heavy atom. The highest BCUT2D eigenvalue weighted by Gasteiger charge is 2.28. The topological polar surface area (TPSA) is 64.6 Å². The molecular weight excluding hydrogens is 316 g/mol. The SMILES string of the molecule is O=C(NC1CCN(c2ccc(F)cc2F)C1)NC1CCCCC1O. The highest BCUT2D eigenvalue weighted by atomic mass is 19.1. The van der Waals surface area contributed by atoms with Crippen LogP contribution in [0.25, 0.3) is 0 Å². The first-order valence-electron chi connectivity index (χ1n) is 8.48. The van der Waals surface area contributed by atoms with E-state index in [1.807, 2.05) is 0 Å². The maximum atomic E-state index is 13.8. The third-order valence-electron chi connectivity index (χ3n) is 4.82. The molecule has 2 aliphatic rings. The molecule has 1 saturated heterocycles. The summed E-state index contributed by atoms with van der Waals surface area (Å²) >= 11 is 0. The molecule has 0 spiro atoms. The Kier molecular flexibility index (Phi) is 5.18. The summed E-state index contributed by atoms with van der Waals surface area (Å²) in [6, 6.07) is 2.92. The molecular formula is C17H23F2N3O2. The number of benzene rings is 1. The lowest BCUT2D eigenvalue weighted by molar-refractivity contribution is 0.0941. The number of amides is 2. The number of carbonyl (C=O) groups is 1. The van der Waals surface area contributed by atoms with Gasteiger partial charge in [0.05, 0.1) is 17.8 Å². The Morgan fingerprint density at radius 3 is 2.71 bits per heavy atom. The van der Waals surface area contributed by atoms with E-state index in [1.165, 1.54) is 12.1 Å². The quantitative estimate of drug-likeness (QED) is 0.791. The van der Waals surface area contributed by atoms with Crippen molar-refractivity contribution < 1.29 is 18.7 Å². The number of rotatable bonds is 3. The summed E-state index contributed by atoms with van der Waals surface area (Å²) in [5.74, 6) is -1.19. The number of aliphatic hydroxyl groups is 1. The van der Waals surface area contributed by atoms with Gasteiger partial charge in [0.25, 0.3) is 0 Å². The second kappa shape index (κ2) is 7.34. The molecule has 0 aromatic heterocycles. The molecule has 5 nitrogen and oxygen atoms in total. The van der Waals surface area contributed by atoms with Gasteiger partial charge in [-0.2, -0.15) is 0 Å². The summed E-state index contributed by atoms with van der Waals surface area (Å²) in [5.41, 5.74) is 0.351. The summed E-state index contributed by atoms with van der Waals surface area (Å²) in [5, 5.41) is 15.6. The molecule has 1 aromatic rings. The predicted molar refractivity (Wildman–Crippen MR) is 86.9 cm³/mol. The molecule has 1 heterocycles. The number of hydrogen-bond acceptors (Lipinski definition) is 3. The maximum absolute atomic E-state index is 13.8. The van der Waals surface area contributed by atoms with E-state index in [1.54, 1.807) is 4.90 Å². The number of carbonyl (C=O) groups excluding carboxylic acids is 1. The van der Waals surface area contributed by atoms with Crippen molar-refractivity contribution in [2.45, 2.75) is 50.3 Å². The van der Waals surface area contributed by atoms with Crippen LogP contribution < -0.4 is 15.5 Å². The number of nitrogens with one attached hydrogen (secondary N) is 2. The largest absolute Gasteiger partial charge is 0.391 e. The molecule has 3 N–H and O–H groups in total. The van der Waals surface area contributed by atoms with Crippen LogP contribution in [-0.4, -0.2) is 42.4 Å². The van der Waals surface area contributed by atoms with Gasteiger partial charge in [-0.25, -0.2) is 13.6 Å². The van der Waals surface area contributed by atoms with Crippen LogP contribution in [-0.2, 0) is 0 Å². The van der Waals surface area contributed by atoms with Crippen LogP contribution in [0.4, 0.5) is 19.3 Å². The van der Waals surface area contributed by atoms with Gasteiger partial charge in [-0.15, -0.1) is 0 Å². The molecule has 7 heteroatoms. The van der Waals surface area contributed by atoms with Crippen LogP contribution >= 0.6 is 0 Å². The average molecular weight is 339 g/mol. The predicted octanol–water partition coefficient (Wildman–Crippen LogP) is 2.15. The van der Waals surface area contributed by atoms with Crippen LogP contribution in [0.3, 0.4) is 0 Å². The van der Waals surface area contributed by atoms with Crippen molar-refractivity contribution in [1.82, 2.24) is 10.6 Å². The molecule has 0 radical (unpaired) electrons. The number of aliphatic hydroxyl groups excluding tert-OH is 1. The van der Waals surface area contributed by atoms with Gasteiger partial charge in [0.2, 0.25) is 0 Å². The Labute approximate surface area is 140 Å². The third-order valence-corrected chi connectivity index (χ3v) is 4.82. The van der Waals surface area contributed by atoms with Gasteiger partial charge in [0.15, 0.2) is 0 Å². The molecule has 1 aliphatic carbocycles. The minimum Gasteiger partial charge on any atom is -0.391 e. The number of nitrogens with zero attached hydrogens (tertiary/aromatic N) is 1. The summed E-state index contributed by atoms with van der Waals surface area (Å²) in [6.07, 6.45) is 3.69. The zero-order valence-corrected chi connectivity index (χ0v) is 13.5. The zero-order valence-electron chi connectivity index (χ0n) is 13.5. The highest BCUT2D eigenvalue weighted by Crippen LogP contribution is 2.24. The standard InChI is InChI=1S/C17H23F2N3O2/c18-11-5-6-15(13(19)9-11)22-8-7-12(10-22)20-17(24)21-14-3-1-2-4-16(14)23/h5-6,9,12,14,16,23H,1-4,7-8,10H2,(H2,20,21,24). The van der Waals surface area contributed by atoms with E-state index in [2.05, 4.69) is 10.6 Å². The van der Waals surface area contributed by atoms with E-state index in [0.717, 1.165) is 25.3 Å². The van der Waals surface area contributed by atoms with Crippen molar-refractivity contribution in [2.24, 2.45) is 0 Å². The van der Waals surface area contributed by atoms with Gasteiger partial charge in [0, 0.05) is 25.2 Å². The fourth-order valence-electron chi connectivity index (χ4n) is 3.51. The molecule has 2 fully saturated rings. The molecule has 24 heavy (non-hydrogen) atoms. The van der Waals surface area contributed by atoms with E-state index in [4.69, 9.17) is 0 Å². The van der Waals surface area contributed by atoms with Gasteiger partial charge in [0.1, 0.15) is 11.6 Å². The monoisotopic (exact) mass is 339 g/mol. The molecule has 1 saturated carbocycles. The molecule has 2 amide bonds. The van der Waals surface area contributed by atoms with Crippen molar-refractivity contribution >= 4 is 11.7 Å². The van der Waals surface area contributed by atoms with Gasteiger partial charge < -0.3 is 20.6 Å². The minimum atomic E-state index is -0.601. The van der Waals surface area contributed by atoms with Gasteiger partial charge >= 0.3 is 6.03 Å². The first-order valence-corrected chi connectivity index (χ1v) is 8.48. The Balaban J connectivity index is 1.51. The molecule has 1 aliphatic heterocycles. The van der Waals surface area contributed by atoms with Gasteiger partial charge in [-0.05, 0) is 31.4 Å². The van der Waals surface area contributed by atoms with E-state index in [9.17, 15) is 18.7 Å². The Hall–Kier alpha value is -1.89. The highest BCUT2D eigenvalue weighted by molar-refractivity contribution is 5.75. The van der Waals surface area contributed by atoms with Crippen molar-refractivity contribution in [3.05, 3.63) is 29.8 Å². The van der Waals surface area contributed by atoms with Gasteiger partial charge in [-0.3, -0.25) is 0 Å². The summed E-state index contributed by atoms with van der Waals surface area (Å²) in [6.45, 7) is 1.07. The first kappa shape index (κ1) is 17.0. The Morgan fingerprint density at radius 1 is 1.17 bits per heavy atom. The molecule has 1 aromatic carbocycles. The van der Waals surface area contributed by atoms with E-state index < -0.39 is 17.7 Å². The van der Waals surface area contributed by atoms with Crippen LogP contribution in [0.5, 0.6) is 0 Å². The van der Waals surface area contributed by atoms with Crippen molar-refractivity contribution in [1.29, 1.82) is 0 Å². The third kappa shape index (κ3) is 3.95. The maximum Gasteiger partial charge on any atom is 0.315 e. The normalized spacial score (nSPS) is 27.1.